The SMILES string of the molecule is C=C(F)C(=O)N1CCN(c2nc(OC[C@@H]3CCCN3CCOCCOCCOCCOCCOCCOCCNC(=O)c3ccc(Nc4ncc5c(n4)N(C4CCCC4)[C@H](CC)C(=O)N5C)c(OC)c3)nc3c2CCN(c2cccc4cccc(Cl)c24)C3)C[C@@H]1CC#N. The largest absolute Gasteiger partial charge is 0.495 e. The van der Waals surface area contributed by atoms with E-state index in [4.69, 9.17) is 64.4 Å². The lowest BCUT2D eigenvalue weighted by molar-refractivity contribution is -0.131. The summed E-state index contributed by atoms with van der Waals surface area (Å²) in [7, 11) is 3.32. The zero-order valence-electron chi connectivity index (χ0n) is 53.7. The van der Waals surface area contributed by atoms with Gasteiger partial charge in [0.05, 0.1) is 134 Å². The molecule has 2 saturated heterocycles. The van der Waals surface area contributed by atoms with Crippen molar-refractivity contribution in [2.45, 2.75) is 95.4 Å². The average molecular weight is 1300 g/mol. The first-order valence-corrected chi connectivity index (χ1v) is 32.9. The lowest BCUT2D eigenvalue weighted by Gasteiger charge is -2.43. The number of carbonyl (C=O) groups is 3. The molecule has 5 aliphatic rings. The van der Waals surface area contributed by atoms with Gasteiger partial charge in [-0.2, -0.15) is 20.2 Å². The molecule has 3 amide bonds. The summed E-state index contributed by atoms with van der Waals surface area (Å²) in [6.07, 6.45) is 9.34. The number of methoxy groups -OCH3 is 1. The maximum absolute atomic E-state index is 14.1. The van der Waals surface area contributed by atoms with Gasteiger partial charge in [-0.05, 0) is 80.8 Å². The van der Waals surface area contributed by atoms with Crippen molar-refractivity contribution in [2.24, 2.45) is 0 Å². The van der Waals surface area contributed by atoms with Gasteiger partial charge in [-0.1, -0.05) is 62.2 Å². The molecule has 3 atom stereocenters. The summed E-state index contributed by atoms with van der Waals surface area (Å²) in [5.74, 6) is 0.224. The number of anilines is 6. The minimum atomic E-state index is -1.04. The Bertz CT molecular complexity index is 3390. The molecule has 93 heavy (non-hydrogen) atoms. The fraction of sp³-hybridized carbons (Fsp3) is 0.552. The number of fused-ring (bicyclic) bond motifs is 3. The second-order valence-electron chi connectivity index (χ2n) is 23.6. The molecule has 26 heteroatoms. The average Bonchev–Trinajstić information content (AvgIpc) is 1.47. The molecule has 0 unspecified atom stereocenters. The molecule has 6 heterocycles. The fourth-order valence-electron chi connectivity index (χ4n) is 13.0. The summed E-state index contributed by atoms with van der Waals surface area (Å²) in [5, 5.41) is 18.6. The zero-order chi connectivity index (χ0) is 65.1. The van der Waals surface area contributed by atoms with Gasteiger partial charge in [0, 0.05) is 80.6 Å². The van der Waals surface area contributed by atoms with Crippen LogP contribution in [0.1, 0.15) is 79.9 Å². The Morgan fingerprint density at radius 1 is 0.796 bits per heavy atom. The van der Waals surface area contributed by atoms with Gasteiger partial charge in [0.25, 0.3) is 11.8 Å². The number of hydrogen-bond acceptors (Lipinski definition) is 21. The second kappa shape index (κ2) is 34.0. The number of ether oxygens (including phenoxy) is 8. The number of halogens is 2. The Kier molecular flexibility index (Phi) is 25.0. The summed E-state index contributed by atoms with van der Waals surface area (Å²) >= 11 is 6.79. The van der Waals surface area contributed by atoms with Gasteiger partial charge >= 0.3 is 6.01 Å². The molecule has 2 N–H and O–H groups in total. The monoisotopic (exact) mass is 1300 g/mol. The summed E-state index contributed by atoms with van der Waals surface area (Å²) < 4.78 is 60.5. The summed E-state index contributed by atoms with van der Waals surface area (Å²) in [5.41, 5.74) is 4.54. The fourth-order valence-corrected chi connectivity index (χ4v) is 13.3. The highest BCUT2D eigenvalue weighted by Gasteiger charge is 2.42. The van der Waals surface area contributed by atoms with Gasteiger partial charge in [0.15, 0.2) is 11.6 Å². The molecular formula is C67H87ClFN13O11. The van der Waals surface area contributed by atoms with Crippen LogP contribution in [0.2, 0.25) is 5.02 Å². The Labute approximate surface area is 548 Å². The van der Waals surface area contributed by atoms with Crippen LogP contribution < -0.4 is 39.7 Å². The van der Waals surface area contributed by atoms with Crippen molar-refractivity contribution in [3.63, 3.8) is 0 Å². The van der Waals surface area contributed by atoms with E-state index in [2.05, 4.69) is 66.1 Å². The summed E-state index contributed by atoms with van der Waals surface area (Å²) in [6, 6.07) is 19.2. The summed E-state index contributed by atoms with van der Waals surface area (Å²) in [6.45, 7) is 14.8. The molecule has 1 saturated carbocycles. The molecule has 1 aliphatic carbocycles. The molecule has 0 radical (unpaired) electrons. The predicted molar refractivity (Wildman–Crippen MR) is 352 cm³/mol. The van der Waals surface area contributed by atoms with Crippen LogP contribution in [0.25, 0.3) is 10.8 Å². The Morgan fingerprint density at radius 3 is 2.18 bits per heavy atom. The molecule has 5 aromatic rings. The molecule has 3 fully saturated rings. The number of benzene rings is 3. The summed E-state index contributed by atoms with van der Waals surface area (Å²) in [4.78, 5) is 70.6. The highest BCUT2D eigenvalue weighted by Crippen LogP contribution is 2.42. The number of carbonyl (C=O) groups excluding carboxylic acids is 3. The van der Waals surface area contributed by atoms with Gasteiger partial charge in [-0.15, -0.1) is 0 Å². The number of likely N-dealkylation sites (N-methyl/N-ethyl adjacent to an activating group) is 1. The molecule has 4 aliphatic heterocycles. The highest BCUT2D eigenvalue weighted by molar-refractivity contribution is 6.36. The quantitative estimate of drug-likeness (QED) is 0.0296. The van der Waals surface area contributed by atoms with Crippen molar-refractivity contribution in [1.29, 1.82) is 5.26 Å². The van der Waals surface area contributed by atoms with E-state index in [1.807, 2.05) is 25.1 Å². The van der Waals surface area contributed by atoms with Crippen LogP contribution in [0.3, 0.4) is 0 Å². The normalized spacial score (nSPS) is 18.4. The van der Waals surface area contributed by atoms with Gasteiger partial charge in [0.2, 0.25) is 11.9 Å². The van der Waals surface area contributed by atoms with Crippen molar-refractivity contribution in [3.8, 4) is 17.8 Å². The van der Waals surface area contributed by atoms with E-state index < -0.39 is 17.8 Å². The van der Waals surface area contributed by atoms with Crippen molar-refractivity contribution in [1.82, 2.24) is 35.1 Å². The van der Waals surface area contributed by atoms with E-state index in [1.54, 1.807) is 43.5 Å². The maximum Gasteiger partial charge on any atom is 0.318 e. The third kappa shape index (κ3) is 17.4. The number of piperazine rings is 1. The van der Waals surface area contributed by atoms with Crippen molar-refractivity contribution in [3.05, 3.63) is 95.0 Å². The predicted octanol–water partition coefficient (Wildman–Crippen LogP) is 7.68. The van der Waals surface area contributed by atoms with E-state index in [9.17, 15) is 24.0 Å². The lowest BCUT2D eigenvalue weighted by atomic mass is 10.0. The standard InChI is InChI=1S/C67H87ClFN13O11/c1-5-56-65(85)77(3)58-42-72-66(75-62(58)82(56)49-13-6-7-14-49)73-54-19-18-48(41-59(54)86-4)63(83)71-23-29-87-31-33-89-35-37-91-39-40-92-38-36-90-34-32-88-30-28-78-24-10-15-51(78)45-93-67-74-55-44-79(57-17-9-12-47-11-8-16-53(68)60(47)57)25-21-52(55)61(76-67)80-26-27-81(64(84)46(2)69)50(43-80)20-22-70/h8-9,11-12,16-19,41-42,49-51,56H,2,5-7,10,13-15,20-21,23-40,43-45H2,1,3-4H3,(H,71,83)(H,72,73,75)/t50-,51-,56+/m0/s1. The first-order chi connectivity index (χ1) is 45.4. The second-order valence-corrected chi connectivity index (χ2v) is 24.0. The molecular weight excluding hydrogens is 1220 g/mol. The minimum absolute atomic E-state index is 0.0352. The number of likely N-dealkylation sites (tertiary alicyclic amines) is 1. The van der Waals surface area contributed by atoms with Crippen LogP contribution in [0.5, 0.6) is 11.8 Å². The smallest absolute Gasteiger partial charge is 0.318 e. The van der Waals surface area contributed by atoms with E-state index in [0.29, 0.717) is 171 Å². The first-order valence-electron chi connectivity index (χ1n) is 32.5. The Balaban J connectivity index is 0.561. The molecule has 3 aromatic carbocycles. The van der Waals surface area contributed by atoms with Crippen LogP contribution in [-0.2, 0) is 51.0 Å². The number of nitrogens with zero attached hydrogens (tertiary/aromatic N) is 11. The Hall–Kier alpha value is -7.54. The highest BCUT2D eigenvalue weighted by atomic mass is 35.5. The maximum atomic E-state index is 14.1. The van der Waals surface area contributed by atoms with Crippen molar-refractivity contribution < 1.29 is 56.7 Å². The topological polar surface area (TPSA) is 244 Å². The van der Waals surface area contributed by atoms with E-state index >= 15 is 0 Å². The zero-order valence-corrected chi connectivity index (χ0v) is 54.4. The minimum Gasteiger partial charge on any atom is -0.495 e. The first kappa shape index (κ1) is 68.3. The number of hydrogen-bond donors (Lipinski definition) is 2. The van der Waals surface area contributed by atoms with Crippen molar-refractivity contribution >= 4 is 74.7 Å². The van der Waals surface area contributed by atoms with Crippen LogP contribution >= 0.6 is 11.6 Å². The Morgan fingerprint density at radius 2 is 1.49 bits per heavy atom. The number of amides is 3. The van der Waals surface area contributed by atoms with Crippen LogP contribution in [0, 0.1) is 11.3 Å². The third-order valence-electron chi connectivity index (χ3n) is 17.7. The number of rotatable bonds is 34. The van der Waals surface area contributed by atoms with Gasteiger partial charge < -0.3 is 73.0 Å². The molecule has 10 rings (SSSR count). The molecule has 24 nitrogen and oxygen atoms in total. The van der Waals surface area contributed by atoms with Crippen molar-refractivity contribution in [2.75, 3.05) is 171 Å². The molecule has 0 bridgehead atoms. The number of aromatic nitrogens is 4. The lowest BCUT2D eigenvalue weighted by Crippen LogP contribution is -2.55. The van der Waals surface area contributed by atoms with Crippen LogP contribution in [0.4, 0.5) is 39.0 Å². The van der Waals surface area contributed by atoms with E-state index in [1.165, 1.54) is 4.90 Å². The molecule has 0 spiro atoms. The van der Waals surface area contributed by atoms with E-state index in [-0.39, 0.29) is 48.9 Å². The molecule has 2 aromatic heterocycles. The van der Waals surface area contributed by atoms with Crippen LogP contribution in [0.15, 0.2) is 73.2 Å². The number of nitriles is 1. The van der Waals surface area contributed by atoms with Gasteiger partial charge in [0.1, 0.15) is 29.9 Å². The molecule has 500 valence electrons. The van der Waals surface area contributed by atoms with Gasteiger partial charge in [-0.25, -0.2) is 9.37 Å². The van der Waals surface area contributed by atoms with Gasteiger partial charge in [-0.3, -0.25) is 19.3 Å². The van der Waals surface area contributed by atoms with E-state index in [0.717, 1.165) is 85.1 Å². The van der Waals surface area contributed by atoms with Crippen LogP contribution in [-0.4, -0.2) is 217 Å². The third-order valence-corrected chi connectivity index (χ3v) is 18.1. The number of nitrogens with one attached hydrogen (secondary N) is 2.